The molecule has 0 aromatic carbocycles. The van der Waals surface area contributed by atoms with Crippen LogP contribution in [0.1, 0.15) is 6.92 Å². The Bertz CT molecular complexity index is 276. The van der Waals surface area contributed by atoms with E-state index in [2.05, 4.69) is 34.4 Å². The van der Waals surface area contributed by atoms with Crippen LogP contribution in [0.15, 0.2) is 0 Å². The Hall–Kier alpha value is -0.650. The first-order valence-electron chi connectivity index (χ1n) is 7.06. The number of carbonyl (C=O) groups excluding carboxylic acids is 1. The number of hydrogen-bond donors (Lipinski definition) is 2. The molecule has 5 nitrogen and oxygen atoms in total. The highest BCUT2D eigenvalue weighted by atomic mass is 16.1. The van der Waals surface area contributed by atoms with Crippen LogP contribution < -0.4 is 10.6 Å². The zero-order chi connectivity index (χ0) is 13.0. The fourth-order valence-corrected chi connectivity index (χ4v) is 2.70. The number of nitrogens with one attached hydrogen (secondary N) is 2. The summed E-state index contributed by atoms with van der Waals surface area (Å²) >= 11 is 0. The van der Waals surface area contributed by atoms with Gasteiger partial charge in [-0.1, -0.05) is 6.92 Å². The standard InChI is InChI=1S/C13H26N4O/c1-11-9-14-10-12(11)13(18)15-3-4-17-7-5-16(2)6-8-17/h11-12,14H,3-10H2,1-2H3,(H,15,18). The van der Waals surface area contributed by atoms with Crippen molar-refractivity contribution in [1.29, 1.82) is 0 Å². The summed E-state index contributed by atoms with van der Waals surface area (Å²) < 4.78 is 0. The third kappa shape index (κ3) is 3.67. The van der Waals surface area contributed by atoms with Crippen molar-refractivity contribution in [2.45, 2.75) is 6.92 Å². The summed E-state index contributed by atoms with van der Waals surface area (Å²) in [4.78, 5) is 16.7. The number of hydrogen-bond acceptors (Lipinski definition) is 4. The van der Waals surface area contributed by atoms with E-state index >= 15 is 0 Å². The molecule has 104 valence electrons. The Balaban J connectivity index is 1.61. The van der Waals surface area contributed by atoms with Gasteiger partial charge in [-0.15, -0.1) is 0 Å². The van der Waals surface area contributed by atoms with Gasteiger partial charge in [-0.25, -0.2) is 0 Å². The van der Waals surface area contributed by atoms with Gasteiger partial charge >= 0.3 is 0 Å². The molecule has 2 atom stereocenters. The summed E-state index contributed by atoms with van der Waals surface area (Å²) in [5, 5.41) is 6.35. The van der Waals surface area contributed by atoms with Gasteiger partial charge in [-0.3, -0.25) is 9.69 Å². The van der Waals surface area contributed by atoms with E-state index in [0.29, 0.717) is 5.92 Å². The SMILES string of the molecule is CC1CNCC1C(=O)NCCN1CCN(C)CC1. The Labute approximate surface area is 110 Å². The molecule has 2 saturated heterocycles. The van der Waals surface area contributed by atoms with Gasteiger partial charge < -0.3 is 15.5 Å². The van der Waals surface area contributed by atoms with Crippen LogP contribution in [0, 0.1) is 11.8 Å². The molecule has 2 N–H and O–H groups in total. The highest BCUT2D eigenvalue weighted by Gasteiger charge is 2.29. The average molecular weight is 254 g/mol. The van der Waals surface area contributed by atoms with Gasteiger partial charge in [0.1, 0.15) is 0 Å². The molecule has 0 radical (unpaired) electrons. The molecule has 2 unspecified atom stereocenters. The van der Waals surface area contributed by atoms with Gasteiger partial charge in [0.25, 0.3) is 0 Å². The van der Waals surface area contributed by atoms with E-state index in [4.69, 9.17) is 0 Å². The second kappa shape index (κ2) is 6.50. The van der Waals surface area contributed by atoms with Crippen LogP contribution in [0.3, 0.4) is 0 Å². The molecule has 2 heterocycles. The summed E-state index contributed by atoms with van der Waals surface area (Å²) in [6.07, 6.45) is 0. The first-order chi connectivity index (χ1) is 8.66. The second-order valence-electron chi connectivity index (χ2n) is 5.68. The van der Waals surface area contributed by atoms with Crippen LogP contribution in [0.25, 0.3) is 0 Å². The molecule has 2 aliphatic heterocycles. The summed E-state index contributed by atoms with van der Waals surface area (Å²) in [5.41, 5.74) is 0. The number of carbonyl (C=O) groups is 1. The Morgan fingerprint density at radius 2 is 2.00 bits per heavy atom. The normalized spacial score (nSPS) is 30.6. The van der Waals surface area contributed by atoms with Crippen molar-refractivity contribution < 1.29 is 4.79 Å². The second-order valence-corrected chi connectivity index (χ2v) is 5.68. The third-order valence-corrected chi connectivity index (χ3v) is 4.18. The summed E-state index contributed by atoms with van der Waals surface area (Å²) in [5.74, 6) is 0.854. The topological polar surface area (TPSA) is 47.6 Å². The minimum atomic E-state index is 0.164. The van der Waals surface area contributed by atoms with Crippen molar-refractivity contribution >= 4 is 5.91 Å². The van der Waals surface area contributed by atoms with Crippen molar-refractivity contribution in [3.63, 3.8) is 0 Å². The lowest BCUT2D eigenvalue weighted by molar-refractivity contribution is -0.125. The van der Waals surface area contributed by atoms with Gasteiger partial charge in [0.05, 0.1) is 5.92 Å². The van der Waals surface area contributed by atoms with Crippen LogP contribution in [0.4, 0.5) is 0 Å². The van der Waals surface area contributed by atoms with Crippen LogP contribution in [-0.4, -0.2) is 75.1 Å². The van der Waals surface area contributed by atoms with Crippen LogP contribution in [0.5, 0.6) is 0 Å². The molecule has 0 aromatic heterocycles. The molecular formula is C13H26N4O. The highest BCUT2D eigenvalue weighted by molar-refractivity contribution is 5.79. The quantitative estimate of drug-likeness (QED) is 0.690. The maximum atomic E-state index is 12.0. The molecule has 0 saturated carbocycles. The molecule has 0 aliphatic carbocycles. The highest BCUT2D eigenvalue weighted by Crippen LogP contribution is 2.15. The first-order valence-corrected chi connectivity index (χ1v) is 7.06. The van der Waals surface area contributed by atoms with Gasteiger partial charge in [0.15, 0.2) is 0 Å². The van der Waals surface area contributed by atoms with E-state index in [1.165, 1.54) is 0 Å². The van der Waals surface area contributed by atoms with Crippen molar-refractivity contribution in [1.82, 2.24) is 20.4 Å². The number of amides is 1. The van der Waals surface area contributed by atoms with Crippen molar-refractivity contribution in [2.24, 2.45) is 11.8 Å². The third-order valence-electron chi connectivity index (χ3n) is 4.18. The monoisotopic (exact) mass is 254 g/mol. The summed E-state index contributed by atoms with van der Waals surface area (Å²) in [7, 11) is 2.16. The maximum Gasteiger partial charge on any atom is 0.224 e. The molecular weight excluding hydrogens is 228 g/mol. The smallest absolute Gasteiger partial charge is 0.224 e. The fourth-order valence-electron chi connectivity index (χ4n) is 2.70. The Morgan fingerprint density at radius 3 is 2.61 bits per heavy atom. The van der Waals surface area contributed by atoms with Gasteiger partial charge in [0.2, 0.25) is 5.91 Å². The molecule has 5 heteroatoms. The largest absolute Gasteiger partial charge is 0.355 e. The van der Waals surface area contributed by atoms with E-state index in [1.807, 2.05) is 0 Å². The number of rotatable bonds is 4. The predicted octanol–water partition coefficient (Wildman–Crippen LogP) is -0.794. The molecule has 0 spiro atoms. The zero-order valence-corrected chi connectivity index (χ0v) is 11.6. The van der Waals surface area contributed by atoms with E-state index in [1.54, 1.807) is 0 Å². The van der Waals surface area contributed by atoms with Crippen molar-refractivity contribution in [2.75, 3.05) is 59.4 Å². The van der Waals surface area contributed by atoms with E-state index < -0.39 is 0 Å². The lowest BCUT2D eigenvalue weighted by Crippen LogP contribution is -2.47. The van der Waals surface area contributed by atoms with Crippen LogP contribution in [-0.2, 0) is 4.79 Å². The predicted molar refractivity (Wildman–Crippen MR) is 72.5 cm³/mol. The maximum absolute atomic E-state index is 12.0. The Morgan fingerprint density at radius 1 is 1.28 bits per heavy atom. The van der Waals surface area contributed by atoms with Crippen LogP contribution in [0.2, 0.25) is 0 Å². The number of nitrogens with zero attached hydrogens (tertiary/aromatic N) is 2. The minimum Gasteiger partial charge on any atom is -0.355 e. The van der Waals surface area contributed by atoms with E-state index in [0.717, 1.165) is 52.4 Å². The number of likely N-dealkylation sites (N-methyl/N-ethyl adjacent to an activating group) is 1. The van der Waals surface area contributed by atoms with E-state index in [-0.39, 0.29) is 11.8 Å². The molecule has 18 heavy (non-hydrogen) atoms. The molecule has 2 rings (SSSR count). The van der Waals surface area contributed by atoms with Gasteiger partial charge in [-0.05, 0) is 19.5 Å². The lowest BCUT2D eigenvalue weighted by atomic mass is 9.97. The molecule has 1 amide bonds. The van der Waals surface area contributed by atoms with Gasteiger partial charge in [-0.2, -0.15) is 0 Å². The lowest BCUT2D eigenvalue weighted by Gasteiger charge is -2.32. The summed E-state index contributed by atoms with van der Waals surface area (Å²) in [6.45, 7) is 10.2. The molecule has 2 aliphatic rings. The summed E-state index contributed by atoms with van der Waals surface area (Å²) in [6, 6.07) is 0. The fraction of sp³-hybridized carbons (Fsp3) is 0.923. The molecule has 0 aromatic rings. The molecule has 2 fully saturated rings. The average Bonchev–Trinajstić information content (AvgIpc) is 2.78. The Kier molecular flexibility index (Phi) is 4.97. The number of piperazine rings is 1. The van der Waals surface area contributed by atoms with E-state index in [9.17, 15) is 4.79 Å². The van der Waals surface area contributed by atoms with Gasteiger partial charge in [0, 0.05) is 45.8 Å². The van der Waals surface area contributed by atoms with Crippen molar-refractivity contribution in [3.05, 3.63) is 0 Å². The zero-order valence-electron chi connectivity index (χ0n) is 11.6. The first kappa shape index (κ1) is 13.8. The van der Waals surface area contributed by atoms with Crippen LogP contribution >= 0.6 is 0 Å². The molecule has 0 bridgehead atoms. The minimum absolute atomic E-state index is 0.164. The van der Waals surface area contributed by atoms with Crippen molar-refractivity contribution in [3.8, 4) is 0 Å².